The SMILES string of the molecule is CC(C)COc1ccc(C(C)(C)C(=O)NC2CCNCC2C)cc1. The van der Waals surface area contributed by atoms with Crippen LogP contribution in [0.1, 0.15) is 46.6 Å². The van der Waals surface area contributed by atoms with Crippen LogP contribution in [0.3, 0.4) is 0 Å². The molecule has 1 amide bonds. The van der Waals surface area contributed by atoms with Crippen LogP contribution in [-0.4, -0.2) is 31.6 Å². The lowest BCUT2D eigenvalue weighted by molar-refractivity contribution is -0.126. The van der Waals surface area contributed by atoms with Gasteiger partial charge in [-0.3, -0.25) is 4.79 Å². The molecule has 0 aliphatic carbocycles. The van der Waals surface area contributed by atoms with E-state index in [0.29, 0.717) is 18.4 Å². The number of carbonyl (C=O) groups excluding carboxylic acids is 1. The molecule has 0 aromatic heterocycles. The highest BCUT2D eigenvalue weighted by atomic mass is 16.5. The fourth-order valence-electron chi connectivity index (χ4n) is 2.94. The normalized spacial score (nSPS) is 21.6. The molecule has 2 rings (SSSR count). The second-order valence-electron chi connectivity index (χ2n) is 7.90. The van der Waals surface area contributed by atoms with Crippen molar-refractivity contribution in [3.05, 3.63) is 29.8 Å². The summed E-state index contributed by atoms with van der Waals surface area (Å²) >= 11 is 0. The number of piperidine rings is 1. The van der Waals surface area contributed by atoms with Crippen molar-refractivity contribution < 1.29 is 9.53 Å². The van der Waals surface area contributed by atoms with Crippen LogP contribution in [0, 0.1) is 11.8 Å². The maximum atomic E-state index is 12.8. The van der Waals surface area contributed by atoms with E-state index in [1.165, 1.54) is 0 Å². The minimum absolute atomic E-state index is 0.0945. The quantitative estimate of drug-likeness (QED) is 0.841. The predicted molar refractivity (Wildman–Crippen MR) is 98.4 cm³/mol. The zero-order valence-corrected chi connectivity index (χ0v) is 15.7. The van der Waals surface area contributed by atoms with E-state index in [9.17, 15) is 4.79 Å². The Bertz CT molecular complexity index is 537. The number of rotatable bonds is 6. The Balaban J connectivity index is 2.01. The molecule has 4 heteroatoms. The lowest BCUT2D eigenvalue weighted by atomic mass is 9.82. The first-order chi connectivity index (χ1) is 11.3. The van der Waals surface area contributed by atoms with Crippen LogP contribution in [0.2, 0.25) is 0 Å². The summed E-state index contributed by atoms with van der Waals surface area (Å²) in [5.74, 6) is 1.91. The molecule has 0 bridgehead atoms. The zero-order chi connectivity index (χ0) is 17.7. The minimum Gasteiger partial charge on any atom is -0.493 e. The standard InChI is InChI=1S/C20H32N2O2/c1-14(2)13-24-17-8-6-16(7-9-17)20(4,5)19(23)22-18-10-11-21-12-15(18)3/h6-9,14-15,18,21H,10-13H2,1-5H3,(H,22,23). The number of benzene rings is 1. The molecular weight excluding hydrogens is 300 g/mol. The van der Waals surface area contributed by atoms with Gasteiger partial charge in [0.05, 0.1) is 12.0 Å². The Morgan fingerprint density at radius 3 is 2.58 bits per heavy atom. The average Bonchev–Trinajstić information content (AvgIpc) is 2.55. The first kappa shape index (κ1) is 18.8. The summed E-state index contributed by atoms with van der Waals surface area (Å²) in [6, 6.07) is 8.17. The summed E-state index contributed by atoms with van der Waals surface area (Å²) in [5.41, 5.74) is 0.458. The Morgan fingerprint density at radius 2 is 2.00 bits per heavy atom. The van der Waals surface area contributed by atoms with Crippen LogP contribution < -0.4 is 15.4 Å². The molecule has 24 heavy (non-hydrogen) atoms. The smallest absolute Gasteiger partial charge is 0.230 e. The van der Waals surface area contributed by atoms with E-state index in [-0.39, 0.29) is 11.9 Å². The van der Waals surface area contributed by atoms with Gasteiger partial charge in [0.2, 0.25) is 5.91 Å². The van der Waals surface area contributed by atoms with Gasteiger partial charge < -0.3 is 15.4 Å². The van der Waals surface area contributed by atoms with Gasteiger partial charge in [0.25, 0.3) is 0 Å². The van der Waals surface area contributed by atoms with Gasteiger partial charge in [-0.2, -0.15) is 0 Å². The fourth-order valence-corrected chi connectivity index (χ4v) is 2.94. The highest BCUT2D eigenvalue weighted by Gasteiger charge is 2.33. The molecule has 134 valence electrons. The molecule has 4 nitrogen and oxygen atoms in total. The van der Waals surface area contributed by atoms with Crippen LogP contribution in [0.15, 0.2) is 24.3 Å². The van der Waals surface area contributed by atoms with Crippen LogP contribution in [0.4, 0.5) is 0 Å². The fraction of sp³-hybridized carbons (Fsp3) is 0.650. The predicted octanol–water partition coefficient (Wildman–Crippen LogP) is 3.11. The molecule has 1 aromatic carbocycles. The Labute approximate surface area is 146 Å². The number of carbonyl (C=O) groups is 1. The van der Waals surface area contributed by atoms with Crippen molar-refractivity contribution in [1.29, 1.82) is 0 Å². The van der Waals surface area contributed by atoms with Gasteiger partial charge in [0, 0.05) is 6.04 Å². The Hall–Kier alpha value is -1.55. The number of hydrogen-bond donors (Lipinski definition) is 2. The monoisotopic (exact) mass is 332 g/mol. The van der Waals surface area contributed by atoms with Crippen molar-refractivity contribution in [2.75, 3.05) is 19.7 Å². The van der Waals surface area contributed by atoms with E-state index in [0.717, 1.165) is 30.8 Å². The second kappa shape index (κ2) is 8.02. The summed E-state index contributed by atoms with van der Waals surface area (Å²) in [6.45, 7) is 13.1. The molecule has 1 heterocycles. The minimum atomic E-state index is -0.554. The van der Waals surface area contributed by atoms with Crippen LogP contribution in [0.5, 0.6) is 5.75 Å². The highest BCUT2D eigenvalue weighted by Crippen LogP contribution is 2.26. The summed E-state index contributed by atoms with van der Waals surface area (Å²) in [6.07, 6.45) is 0.991. The summed E-state index contributed by atoms with van der Waals surface area (Å²) in [4.78, 5) is 12.8. The third-order valence-electron chi connectivity index (χ3n) is 4.83. The molecule has 0 saturated carbocycles. The molecule has 2 unspecified atom stereocenters. The number of nitrogens with one attached hydrogen (secondary N) is 2. The molecular formula is C20H32N2O2. The molecule has 1 aromatic rings. The molecule has 0 radical (unpaired) electrons. The maximum Gasteiger partial charge on any atom is 0.230 e. The van der Waals surface area contributed by atoms with Crippen molar-refractivity contribution in [2.24, 2.45) is 11.8 Å². The van der Waals surface area contributed by atoms with Crippen molar-refractivity contribution >= 4 is 5.91 Å². The van der Waals surface area contributed by atoms with Crippen LogP contribution in [-0.2, 0) is 10.2 Å². The van der Waals surface area contributed by atoms with Crippen LogP contribution in [0.25, 0.3) is 0 Å². The lowest BCUT2D eigenvalue weighted by Crippen LogP contribution is -2.52. The molecule has 1 aliphatic heterocycles. The summed E-state index contributed by atoms with van der Waals surface area (Å²) < 4.78 is 5.72. The molecule has 1 fully saturated rings. The van der Waals surface area contributed by atoms with E-state index in [1.54, 1.807) is 0 Å². The van der Waals surface area contributed by atoms with Gasteiger partial charge in [-0.15, -0.1) is 0 Å². The molecule has 2 atom stereocenters. The maximum absolute atomic E-state index is 12.8. The third kappa shape index (κ3) is 4.73. The number of hydrogen-bond acceptors (Lipinski definition) is 3. The molecule has 1 saturated heterocycles. The van der Waals surface area contributed by atoms with E-state index < -0.39 is 5.41 Å². The van der Waals surface area contributed by atoms with Crippen molar-refractivity contribution in [3.63, 3.8) is 0 Å². The molecule has 1 aliphatic rings. The zero-order valence-electron chi connectivity index (χ0n) is 15.7. The van der Waals surface area contributed by atoms with Gasteiger partial charge in [0.1, 0.15) is 5.75 Å². The van der Waals surface area contributed by atoms with E-state index in [4.69, 9.17) is 4.74 Å². The summed E-state index contributed by atoms with van der Waals surface area (Å²) in [7, 11) is 0. The molecule has 0 spiro atoms. The van der Waals surface area contributed by atoms with E-state index in [1.807, 2.05) is 38.1 Å². The van der Waals surface area contributed by atoms with Crippen molar-refractivity contribution in [2.45, 2.75) is 52.5 Å². The number of amides is 1. The van der Waals surface area contributed by atoms with Gasteiger partial charge >= 0.3 is 0 Å². The van der Waals surface area contributed by atoms with Crippen molar-refractivity contribution in [3.8, 4) is 5.75 Å². The van der Waals surface area contributed by atoms with Gasteiger partial charge in [-0.1, -0.05) is 32.9 Å². The highest BCUT2D eigenvalue weighted by molar-refractivity contribution is 5.87. The second-order valence-corrected chi connectivity index (χ2v) is 7.90. The van der Waals surface area contributed by atoms with Gasteiger partial charge in [-0.05, 0) is 62.9 Å². The lowest BCUT2D eigenvalue weighted by Gasteiger charge is -2.33. The molecule has 2 N–H and O–H groups in total. The average molecular weight is 332 g/mol. The Kier molecular flexibility index (Phi) is 6.27. The topological polar surface area (TPSA) is 50.4 Å². The first-order valence-corrected chi connectivity index (χ1v) is 9.05. The van der Waals surface area contributed by atoms with Crippen molar-refractivity contribution in [1.82, 2.24) is 10.6 Å². The van der Waals surface area contributed by atoms with E-state index >= 15 is 0 Å². The first-order valence-electron chi connectivity index (χ1n) is 9.05. The largest absolute Gasteiger partial charge is 0.493 e. The number of ether oxygens (including phenoxy) is 1. The van der Waals surface area contributed by atoms with Gasteiger partial charge in [-0.25, -0.2) is 0 Å². The third-order valence-corrected chi connectivity index (χ3v) is 4.83. The van der Waals surface area contributed by atoms with E-state index in [2.05, 4.69) is 31.4 Å². The van der Waals surface area contributed by atoms with Gasteiger partial charge in [0.15, 0.2) is 0 Å². The van der Waals surface area contributed by atoms with Crippen LogP contribution >= 0.6 is 0 Å². The Morgan fingerprint density at radius 1 is 1.33 bits per heavy atom. The summed E-state index contributed by atoms with van der Waals surface area (Å²) in [5, 5.41) is 6.62.